The Bertz CT molecular complexity index is 1380. The number of amides is 2. The average Bonchev–Trinajstić information content (AvgIpc) is 3.49. The minimum absolute atomic E-state index is 0.133. The van der Waals surface area contributed by atoms with Crippen molar-refractivity contribution in [2.24, 2.45) is 11.3 Å². The maximum Gasteiger partial charge on any atom is 0.251 e. The number of benzene rings is 1. The molecule has 3 aromatic rings. The van der Waals surface area contributed by atoms with Crippen LogP contribution in [0.2, 0.25) is 0 Å². The zero-order chi connectivity index (χ0) is 28.2. The van der Waals surface area contributed by atoms with Crippen molar-refractivity contribution in [3.63, 3.8) is 0 Å². The average molecular weight is 567 g/mol. The first-order valence-electron chi connectivity index (χ1n) is 13.0. The lowest BCUT2D eigenvalue weighted by atomic mass is 9.72. The fourth-order valence-electron chi connectivity index (χ4n) is 4.70. The normalized spacial score (nSPS) is 14.8. The predicted molar refractivity (Wildman–Crippen MR) is 153 cm³/mol. The number of thioether (sulfide) groups is 1. The first-order chi connectivity index (χ1) is 18.6. The summed E-state index contributed by atoms with van der Waals surface area (Å²) in [5, 5.41) is 25.3. The quantitative estimate of drug-likeness (QED) is 0.348. The van der Waals surface area contributed by atoms with Gasteiger partial charge in [0.05, 0.1) is 25.0 Å². The van der Waals surface area contributed by atoms with Crippen LogP contribution in [-0.2, 0) is 30.7 Å². The van der Waals surface area contributed by atoms with E-state index in [2.05, 4.69) is 47.7 Å². The van der Waals surface area contributed by atoms with Crippen LogP contribution in [-0.4, -0.2) is 39.4 Å². The van der Waals surface area contributed by atoms with Crippen molar-refractivity contribution in [2.75, 3.05) is 18.2 Å². The number of hydrogen-bond acceptors (Lipinski definition) is 8. The molecule has 4 rings (SSSR count). The van der Waals surface area contributed by atoms with Gasteiger partial charge in [0.15, 0.2) is 11.0 Å². The van der Waals surface area contributed by atoms with Gasteiger partial charge in [0.1, 0.15) is 16.8 Å². The topological polar surface area (TPSA) is 122 Å². The molecule has 0 spiro atoms. The Morgan fingerprint density at radius 2 is 2.00 bits per heavy atom. The number of carbonyl (C=O) groups is 2. The lowest BCUT2D eigenvalue weighted by Crippen LogP contribution is -2.26. The van der Waals surface area contributed by atoms with Crippen LogP contribution in [0.5, 0.6) is 5.75 Å². The largest absolute Gasteiger partial charge is 0.497 e. The minimum Gasteiger partial charge on any atom is -0.497 e. The fraction of sp³-hybridized carbons (Fsp3) is 0.464. The van der Waals surface area contributed by atoms with Gasteiger partial charge in [0, 0.05) is 17.0 Å². The van der Waals surface area contributed by atoms with Crippen LogP contribution in [0.15, 0.2) is 29.4 Å². The molecule has 11 heteroatoms. The molecule has 2 heterocycles. The predicted octanol–water partition coefficient (Wildman–Crippen LogP) is 5.05. The molecule has 1 aliphatic rings. The number of rotatable bonds is 9. The first-order valence-corrected chi connectivity index (χ1v) is 14.8. The van der Waals surface area contributed by atoms with Gasteiger partial charge in [0.25, 0.3) is 5.91 Å². The van der Waals surface area contributed by atoms with E-state index in [0.29, 0.717) is 45.3 Å². The van der Waals surface area contributed by atoms with Crippen molar-refractivity contribution in [1.29, 1.82) is 5.26 Å². The molecule has 2 aromatic heterocycles. The van der Waals surface area contributed by atoms with E-state index in [0.717, 1.165) is 24.8 Å². The second kappa shape index (κ2) is 12.2. The molecule has 0 saturated heterocycles. The summed E-state index contributed by atoms with van der Waals surface area (Å²) in [7, 11) is 1.58. The SMILES string of the molecule is CCn1c(CNC(=O)c2ccc(OC)cc2)nnc1SCC(=O)Nc1sc2c(c1C#N)CC[C@@H](C(C)(C)C)C2. The lowest BCUT2D eigenvalue weighted by Gasteiger charge is -2.33. The van der Waals surface area contributed by atoms with Gasteiger partial charge in [-0.05, 0) is 67.3 Å². The highest BCUT2D eigenvalue weighted by Gasteiger charge is 2.32. The van der Waals surface area contributed by atoms with Crippen molar-refractivity contribution in [3.8, 4) is 11.8 Å². The number of carbonyl (C=O) groups excluding carboxylic acids is 2. The van der Waals surface area contributed by atoms with E-state index in [9.17, 15) is 14.9 Å². The van der Waals surface area contributed by atoms with E-state index >= 15 is 0 Å². The number of thiophene rings is 1. The number of fused-ring (bicyclic) bond motifs is 1. The number of nitrogens with zero attached hydrogens (tertiary/aromatic N) is 4. The summed E-state index contributed by atoms with van der Waals surface area (Å²) in [5.74, 6) is 1.56. The molecule has 0 bridgehead atoms. The van der Waals surface area contributed by atoms with Gasteiger partial charge in [-0.15, -0.1) is 21.5 Å². The van der Waals surface area contributed by atoms with E-state index in [4.69, 9.17) is 4.74 Å². The molecule has 0 aliphatic heterocycles. The Morgan fingerprint density at radius 1 is 1.26 bits per heavy atom. The number of anilines is 1. The number of hydrogen-bond donors (Lipinski definition) is 2. The van der Waals surface area contributed by atoms with Crippen LogP contribution in [0.25, 0.3) is 0 Å². The van der Waals surface area contributed by atoms with Crippen LogP contribution in [0.3, 0.4) is 0 Å². The van der Waals surface area contributed by atoms with E-state index < -0.39 is 0 Å². The van der Waals surface area contributed by atoms with Gasteiger partial charge in [-0.25, -0.2) is 0 Å². The molecule has 9 nitrogen and oxygen atoms in total. The Balaban J connectivity index is 1.35. The fourth-order valence-corrected chi connectivity index (χ4v) is 6.82. The van der Waals surface area contributed by atoms with Crippen molar-refractivity contribution >= 4 is 39.9 Å². The number of methoxy groups -OCH3 is 1. The van der Waals surface area contributed by atoms with E-state index in [-0.39, 0.29) is 29.5 Å². The molecule has 1 aliphatic carbocycles. The van der Waals surface area contributed by atoms with Crippen molar-refractivity contribution in [1.82, 2.24) is 20.1 Å². The molecular formula is C28H34N6O3S2. The van der Waals surface area contributed by atoms with E-state index in [1.54, 1.807) is 31.4 Å². The Morgan fingerprint density at radius 3 is 2.64 bits per heavy atom. The summed E-state index contributed by atoms with van der Waals surface area (Å²) in [6, 6.07) is 9.18. The molecule has 1 atom stereocenters. The summed E-state index contributed by atoms with van der Waals surface area (Å²) in [6.45, 7) is 9.54. The minimum atomic E-state index is -0.224. The van der Waals surface area contributed by atoms with Gasteiger partial charge < -0.3 is 19.9 Å². The molecule has 0 fully saturated rings. The van der Waals surface area contributed by atoms with Crippen LogP contribution in [0.1, 0.15) is 66.3 Å². The lowest BCUT2D eigenvalue weighted by molar-refractivity contribution is -0.113. The van der Waals surface area contributed by atoms with Crippen LogP contribution < -0.4 is 15.4 Å². The molecule has 0 saturated carbocycles. The highest BCUT2D eigenvalue weighted by atomic mass is 32.2. The van der Waals surface area contributed by atoms with Crippen LogP contribution in [0, 0.1) is 22.7 Å². The van der Waals surface area contributed by atoms with Crippen molar-refractivity contribution in [2.45, 2.75) is 65.2 Å². The summed E-state index contributed by atoms with van der Waals surface area (Å²) in [4.78, 5) is 26.6. The Kier molecular flexibility index (Phi) is 8.97. The third-order valence-electron chi connectivity index (χ3n) is 7.06. The van der Waals surface area contributed by atoms with E-state index in [1.165, 1.54) is 28.0 Å². The van der Waals surface area contributed by atoms with Crippen LogP contribution in [0.4, 0.5) is 5.00 Å². The van der Waals surface area contributed by atoms with E-state index in [1.807, 2.05) is 11.5 Å². The van der Waals surface area contributed by atoms with Crippen molar-refractivity contribution in [3.05, 3.63) is 51.7 Å². The third kappa shape index (κ3) is 6.62. The number of aromatic nitrogens is 3. The molecule has 1 aromatic carbocycles. The van der Waals surface area contributed by atoms with Crippen molar-refractivity contribution < 1.29 is 14.3 Å². The third-order valence-corrected chi connectivity index (χ3v) is 9.19. The zero-order valence-electron chi connectivity index (χ0n) is 23.0. The zero-order valence-corrected chi connectivity index (χ0v) is 24.6. The highest BCUT2D eigenvalue weighted by Crippen LogP contribution is 2.44. The Hall–Kier alpha value is -3.36. The number of nitriles is 1. The summed E-state index contributed by atoms with van der Waals surface area (Å²) >= 11 is 2.81. The monoisotopic (exact) mass is 566 g/mol. The molecule has 2 N–H and O–H groups in total. The molecule has 39 heavy (non-hydrogen) atoms. The first kappa shape index (κ1) is 28.6. The number of nitrogens with one attached hydrogen (secondary N) is 2. The molecular weight excluding hydrogens is 532 g/mol. The van der Waals surface area contributed by atoms with Gasteiger partial charge >= 0.3 is 0 Å². The number of ether oxygens (including phenoxy) is 1. The molecule has 0 unspecified atom stereocenters. The standard InChI is InChI=1S/C28H34N6O3S2/c1-6-34-23(15-30-25(36)17-7-10-19(37-5)11-8-17)32-33-27(34)38-16-24(35)31-26-21(14-29)20-12-9-18(28(2,3)4)13-22(20)39-26/h7-8,10-11,18H,6,9,12-13,15-16H2,1-5H3,(H,30,36)(H,31,35)/t18-/m1/s1. The smallest absolute Gasteiger partial charge is 0.251 e. The second-order valence-electron chi connectivity index (χ2n) is 10.5. The maximum atomic E-state index is 12.9. The Labute approximate surface area is 237 Å². The highest BCUT2D eigenvalue weighted by molar-refractivity contribution is 7.99. The molecule has 2 amide bonds. The van der Waals surface area contributed by atoms with Crippen LogP contribution >= 0.6 is 23.1 Å². The molecule has 0 radical (unpaired) electrons. The second-order valence-corrected chi connectivity index (χ2v) is 12.6. The summed E-state index contributed by atoms with van der Waals surface area (Å²) < 4.78 is 7.01. The summed E-state index contributed by atoms with van der Waals surface area (Å²) in [6.07, 6.45) is 2.87. The summed E-state index contributed by atoms with van der Waals surface area (Å²) in [5.41, 5.74) is 2.43. The molecule has 206 valence electrons. The van der Waals surface area contributed by atoms with Gasteiger partial charge in [-0.1, -0.05) is 32.5 Å². The van der Waals surface area contributed by atoms with Gasteiger partial charge in [-0.2, -0.15) is 5.26 Å². The maximum absolute atomic E-state index is 12.9. The van der Waals surface area contributed by atoms with Gasteiger partial charge in [0.2, 0.25) is 5.91 Å². The van der Waals surface area contributed by atoms with Gasteiger partial charge in [-0.3, -0.25) is 9.59 Å².